The van der Waals surface area contributed by atoms with Crippen LogP contribution in [0, 0.1) is 17.4 Å². The fourth-order valence-corrected chi connectivity index (χ4v) is 3.20. The highest BCUT2D eigenvalue weighted by atomic mass is 127. The van der Waals surface area contributed by atoms with Crippen LogP contribution in [0.1, 0.15) is 37.6 Å². The van der Waals surface area contributed by atoms with E-state index < -0.39 is 0 Å². The lowest BCUT2D eigenvalue weighted by Crippen LogP contribution is -2.18. The highest BCUT2D eigenvalue weighted by Crippen LogP contribution is 2.31. The molecule has 0 radical (unpaired) electrons. The average molecular weight is 381 g/mol. The maximum absolute atomic E-state index is 6.08. The van der Waals surface area contributed by atoms with Gasteiger partial charge in [-0.05, 0) is 42.0 Å². The van der Waals surface area contributed by atoms with Crippen LogP contribution < -0.4 is 5.73 Å². The molecule has 4 heteroatoms. The molecule has 3 nitrogen and oxygen atoms in total. The molecule has 0 spiro atoms. The van der Waals surface area contributed by atoms with E-state index in [1.54, 1.807) is 0 Å². The van der Waals surface area contributed by atoms with Gasteiger partial charge in [-0.3, -0.25) is 0 Å². The van der Waals surface area contributed by atoms with Crippen molar-refractivity contribution in [3.05, 3.63) is 38.6 Å². The van der Waals surface area contributed by atoms with Gasteiger partial charge >= 0.3 is 0 Å². The minimum atomic E-state index is -0.0546. The van der Waals surface area contributed by atoms with Gasteiger partial charge < -0.3 is 5.73 Å². The van der Waals surface area contributed by atoms with Gasteiger partial charge in [0.25, 0.3) is 0 Å². The number of anilines is 1. The number of nitrogen functional groups attached to an aromatic ring is 1. The first-order chi connectivity index (χ1) is 9.20. The molecule has 20 heavy (non-hydrogen) atoms. The molecule has 2 aromatic rings. The van der Waals surface area contributed by atoms with Gasteiger partial charge in [-0.15, -0.1) is 0 Å². The van der Waals surface area contributed by atoms with Gasteiger partial charge in [-0.2, -0.15) is 0 Å². The predicted octanol–water partition coefficient (Wildman–Crippen LogP) is 4.24. The van der Waals surface area contributed by atoms with Gasteiger partial charge in [0.1, 0.15) is 5.82 Å². The smallest absolute Gasteiger partial charge is 0.162 e. The number of aryl methyl sites for hydroxylation is 2. The Hall–Kier alpha value is -1.17. The second-order valence-corrected chi connectivity index (χ2v) is 7.24. The van der Waals surface area contributed by atoms with Gasteiger partial charge in [0.05, 0.1) is 9.26 Å². The Balaban J connectivity index is 2.67. The number of hydrogen-bond donors (Lipinski definition) is 1. The number of benzene rings is 1. The Morgan fingerprint density at radius 2 is 1.75 bits per heavy atom. The molecule has 2 N–H and O–H groups in total. The van der Waals surface area contributed by atoms with E-state index in [9.17, 15) is 0 Å². The van der Waals surface area contributed by atoms with Crippen LogP contribution in [0.5, 0.6) is 0 Å². The van der Waals surface area contributed by atoms with Crippen LogP contribution in [-0.4, -0.2) is 9.97 Å². The lowest BCUT2D eigenvalue weighted by Gasteiger charge is -2.21. The van der Waals surface area contributed by atoms with Crippen LogP contribution in [0.4, 0.5) is 5.82 Å². The quantitative estimate of drug-likeness (QED) is 0.752. The number of nitrogens with zero attached hydrogens (tertiary/aromatic N) is 2. The zero-order chi connectivity index (χ0) is 15.1. The summed E-state index contributed by atoms with van der Waals surface area (Å²) in [6.07, 6.45) is 0. The SMILES string of the molecule is Cc1ccc(-c2nc(N)c(I)c(C(C)(C)C)n2)c(C)c1. The number of aromatic nitrogens is 2. The number of halogens is 1. The van der Waals surface area contributed by atoms with E-state index in [1.165, 1.54) is 11.1 Å². The van der Waals surface area contributed by atoms with E-state index >= 15 is 0 Å². The van der Waals surface area contributed by atoms with E-state index in [1.807, 2.05) is 0 Å². The first kappa shape index (κ1) is 15.2. The van der Waals surface area contributed by atoms with Crippen LogP contribution in [0.2, 0.25) is 0 Å². The molecule has 0 aliphatic rings. The van der Waals surface area contributed by atoms with Crippen molar-refractivity contribution in [1.29, 1.82) is 0 Å². The van der Waals surface area contributed by atoms with Gasteiger partial charge in [-0.25, -0.2) is 9.97 Å². The third-order valence-electron chi connectivity index (χ3n) is 3.21. The Morgan fingerprint density at radius 3 is 2.30 bits per heavy atom. The summed E-state index contributed by atoms with van der Waals surface area (Å²) >= 11 is 2.23. The molecule has 1 heterocycles. The maximum Gasteiger partial charge on any atom is 0.162 e. The summed E-state index contributed by atoms with van der Waals surface area (Å²) in [5.74, 6) is 1.27. The average Bonchev–Trinajstić information content (AvgIpc) is 2.31. The number of nitrogens with two attached hydrogens (primary N) is 1. The van der Waals surface area contributed by atoms with Crippen molar-refractivity contribution in [2.45, 2.75) is 40.0 Å². The molecule has 0 atom stereocenters. The third kappa shape index (κ3) is 2.95. The molecular weight excluding hydrogens is 361 g/mol. The highest BCUT2D eigenvalue weighted by Gasteiger charge is 2.23. The minimum Gasteiger partial charge on any atom is -0.383 e. The lowest BCUT2D eigenvalue weighted by molar-refractivity contribution is 0.564. The Kier molecular flexibility index (Phi) is 4.04. The zero-order valence-electron chi connectivity index (χ0n) is 12.6. The van der Waals surface area contributed by atoms with Gasteiger partial charge in [0.15, 0.2) is 5.82 Å². The van der Waals surface area contributed by atoms with Crippen molar-refractivity contribution in [2.24, 2.45) is 0 Å². The number of rotatable bonds is 1. The molecule has 0 fully saturated rings. The van der Waals surface area contributed by atoms with Crippen molar-refractivity contribution in [3.8, 4) is 11.4 Å². The summed E-state index contributed by atoms with van der Waals surface area (Å²) in [6.45, 7) is 10.6. The molecule has 106 valence electrons. The molecule has 1 aromatic carbocycles. The van der Waals surface area contributed by atoms with Crippen molar-refractivity contribution >= 4 is 28.4 Å². The first-order valence-corrected chi connectivity index (χ1v) is 7.69. The molecule has 0 saturated heterocycles. The van der Waals surface area contributed by atoms with Crippen molar-refractivity contribution < 1.29 is 0 Å². The Bertz CT molecular complexity index is 658. The topological polar surface area (TPSA) is 51.8 Å². The standard InChI is InChI=1S/C16H20IN3/c1-9-6-7-11(10(2)8-9)15-19-13(16(3,4)5)12(17)14(18)20-15/h6-8H,1-5H3,(H2,18,19,20). The summed E-state index contributed by atoms with van der Waals surface area (Å²) in [7, 11) is 0. The van der Waals surface area contributed by atoms with Gasteiger partial charge in [-0.1, -0.05) is 44.5 Å². The van der Waals surface area contributed by atoms with Gasteiger partial charge in [0.2, 0.25) is 0 Å². The largest absolute Gasteiger partial charge is 0.383 e. The van der Waals surface area contributed by atoms with E-state index in [0.717, 1.165) is 14.8 Å². The Morgan fingerprint density at radius 1 is 1.10 bits per heavy atom. The lowest BCUT2D eigenvalue weighted by atomic mass is 9.91. The van der Waals surface area contributed by atoms with Crippen molar-refractivity contribution in [1.82, 2.24) is 9.97 Å². The van der Waals surface area contributed by atoms with E-state index in [0.29, 0.717) is 11.6 Å². The van der Waals surface area contributed by atoms with Crippen LogP contribution in [0.15, 0.2) is 18.2 Å². The molecule has 0 bridgehead atoms. The van der Waals surface area contributed by atoms with Crippen molar-refractivity contribution in [2.75, 3.05) is 5.73 Å². The van der Waals surface area contributed by atoms with Crippen molar-refractivity contribution in [3.63, 3.8) is 0 Å². The molecule has 1 aromatic heterocycles. The summed E-state index contributed by atoms with van der Waals surface area (Å²) < 4.78 is 0.948. The Labute approximate surface area is 134 Å². The van der Waals surface area contributed by atoms with Gasteiger partial charge in [0, 0.05) is 11.0 Å². The number of hydrogen-bond acceptors (Lipinski definition) is 3. The first-order valence-electron chi connectivity index (χ1n) is 6.61. The van der Waals surface area contributed by atoms with Crippen LogP contribution in [0.25, 0.3) is 11.4 Å². The monoisotopic (exact) mass is 381 g/mol. The van der Waals surface area contributed by atoms with Crippen LogP contribution in [-0.2, 0) is 5.41 Å². The molecule has 0 aliphatic heterocycles. The zero-order valence-corrected chi connectivity index (χ0v) is 14.7. The molecule has 0 aliphatic carbocycles. The maximum atomic E-state index is 6.08. The molecule has 0 unspecified atom stereocenters. The fraction of sp³-hybridized carbons (Fsp3) is 0.375. The van der Waals surface area contributed by atoms with E-state index in [-0.39, 0.29) is 5.41 Å². The fourth-order valence-electron chi connectivity index (χ4n) is 2.15. The predicted molar refractivity (Wildman–Crippen MR) is 92.8 cm³/mol. The summed E-state index contributed by atoms with van der Waals surface area (Å²) in [6, 6.07) is 6.29. The van der Waals surface area contributed by atoms with E-state index in [2.05, 4.69) is 80.4 Å². The highest BCUT2D eigenvalue weighted by molar-refractivity contribution is 14.1. The summed E-state index contributed by atoms with van der Waals surface area (Å²) in [5.41, 5.74) is 10.5. The molecule has 2 rings (SSSR count). The summed E-state index contributed by atoms with van der Waals surface area (Å²) in [4.78, 5) is 9.23. The van der Waals surface area contributed by atoms with E-state index in [4.69, 9.17) is 10.7 Å². The third-order valence-corrected chi connectivity index (χ3v) is 4.27. The second-order valence-electron chi connectivity index (χ2n) is 6.16. The summed E-state index contributed by atoms with van der Waals surface area (Å²) in [5, 5.41) is 0. The van der Waals surface area contributed by atoms with Crippen LogP contribution >= 0.6 is 22.6 Å². The van der Waals surface area contributed by atoms with Crippen LogP contribution in [0.3, 0.4) is 0 Å². The minimum absolute atomic E-state index is 0.0546. The molecule has 0 saturated carbocycles. The molecule has 0 amide bonds. The second kappa shape index (κ2) is 5.31. The molecular formula is C16H20IN3. The normalized spacial score (nSPS) is 11.7.